The molecule has 114 valence electrons. The number of halogens is 1. The van der Waals surface area contributed by atoms with E-state index >= 15 is 0 Å². The highest BCUT2D eigenvalue weighted by molar-refractivity contribution is 5.81. The molecule has 0 aliphatic carbocycles. The molecule has 1 amide bonds. The molecule has 21 heavy (non-hydrogen) atoms. The van der Waals surface area contributed by atoms with Gasteiger partial charge in [-0.1, -0.05) is 19.1 Å². The van der Waals surface area contributed by atoms with Crippen molar-refractivity contribution in [2.45, 2.75) is 32.0 Å². The number of carbonyl (C=O) groups excluding carboxylic acids is 1. The molecule has 1 aromatic carbocycles. The van der Waals surface area contributed by atoms with Gasteiger partial charge in [0, 0.05) is 12.6 Å². The van der Waals surface area contributed by atoms with Crippen LogP contribution in [-0.2, 0) is 4.79 Å². The number of nitrogens with zero attached hydrogens (tertiary/aromatic N) is 2. The maximum Gasteiger partial charge on any atom is 0.238 e. The highest BCUT2D eigenvalue weighted by Gasteiger charge is 2.38. The number of likely N-dealkylation sites (N-methyl/N-ethyl adjacent to an activating group) is 1. The lowest BCUT2D eigenvalue weighted by atomic mass is 10.0. The quantitative estimate of drug-likeness (QED) is 0.921. The number of nitrogens with one attached hydrogen (secondary N) is 1. The number of piperidine rings is 1. The summed E-state index contributed by atoms with van der Waals surface area (Å²) in [6.07, 6.45) is 2.04. The Hall–Kier alpha value is -1.46. The third-order valence-corrected chi connectivity index (χ3v) is 4.52. The van der Waals surface area contributed by atoms with E-state index in [1.807, 2.05) is 4.90 Å². The number of carbonyl (C=O) groups is 1. The summed E-state index contributed by atoms with van der Waals surface area (Å²) in [6, 6.07) is 6.68. The van der Waals surface area contributed by atoms with Crippen molar-refractivity contribution in [1.29, 1.82) is 0 Å². The molecule has 4 nitrogen and oxygen atoms in total. The fourth-order valence-electron chi connectivity index (χ4n) is 3.40. The van der Waals surface area contributed by atoms with E-state index in [0.717, 1.165) is 38.0 Å². The van der Waals surface area contributed by atoms with Crippen LogP contribution in [0.15, 0.2) is 24.3 Å². The Morgan fingerprint density at radius 3 is 2.81 bits per heavy atom. The molecule has 2 fully saturated rings. The van der Waals surface area contributed by atoms with Crippen molar-refractivity contribution in [2.24, 2.45) is 0 Å². The maximum atomic E-state index is 13.1. The Morgan fingerprint density at radius 1 is 1.33 bits per heavy atom. The normalized spacial score (nSPS) is 27.3. The zero-order valence-electron chi connectivity index (χ0n) is 12.4. The van der Waals surface area contributed by atoms with Gasteiger partial charge in [0.25, 0.3) is 0 Å². The molecule has 1 aromatic rings. The largest absolute Gasteiger partial charge is 0.318 e. The third-order valence-electron chi connectivity index (χ3n) is 4.52. The Balaban J connectivity index is 1.80. The van der Waals surface area contributed by atoms with Gasteiger partial charge in [-0.25, -0.2) is 4.39 Å². The number of rotatable bonds is 3. The van der Waals surface area contributed by atoms with Gasteiger partial charge in [-0.15, -0.1) is 0 Å². The topological polar surface area (TPSA) is 35.6 Å². The van der Waals surface area contributed by atoms with Crippen LogP contribution in [0.1, 0.15) is 31.5 Å². The Kier molecular flexibility index (Phi) is 4.22. The van der Waals surface area contributed by atoms with Crippen molar-refractivity contribution in [1.82, 2.24) is 15.1 Å². The second-order valence-corrected chi connectivity index (χ2v) is 5.83. The van der Waals surface area contributed by atoms with Gasteiger partial charge in [0.2, 0.25) is 5.91 Å². The molecule has 0 bridgehead atoms. The number of likely N-dealkylation sites (tertiary alicyclic amines) is 1. The molecule has 0 radical (unpaired) electrons. The summed E-state index contributed by atoms with van der Waals surface area (Å²) in [6.45, 7) is 5.59. The molecular formula is C16H22FN3O. The molecule has 5 heteroatoms. The van der Waals surface area contributed by atoms with E-state index in [-0.39, 0.29) is 23.9 Å². The minimum Gasteiger partial charge on any atom is -0.318 e. The van der Waals surface area contributed by atoms with E-state index in [9.17, 15) is 9.18 Å². The molecule has 2 aliphatic rings. The monoisotopic (exact) mass is 291 g/mol. The average Bonchev–Trinajstić information content (AvgIpc) is 2.90. The lowest BCUT2D eigenvalue weighted by Gasteiger charge is -2.39. The van der Waals surface area contributed by atoms with E-state index in [4.69, 9.17) is 0 Å². The summed E-state index contributed by atoms with van der Waals surface area (Å²) in [5.41, 5.74) is 0.955. The predicted octanol–water partition coefficient (Wildman–Crippen LogP) is 1.74. The number of hydrogen-bond acceptors (Lipinski definition) is 3. The molecule has 2 unspecified atom stereocenters. The Labute approximate surface area is 124 Å². The first kappa shape index (κ1) is 14.5. The number of benzene rings is 1. The van der Waals surface area contributed by atoms with Gasteiger partial charge < -0.3 is 9.80 Å². The van der Waals surface area contributed by atoms with Crippen molar-refractivity contribution in [3.63, 3.8) is 0 Å². The van der Waals surface area contributed by atoms with Crippen molar-refractivity contribution in [3.05, 3.63) is 35.6 Å². The zero-order chi connectivity index (χ0) is 14.8. The van der Waals surface area contributed by atoms with Crippen LogP contribution in [0.25, 0.3) is 0 Å². The van der Waals surface area contributed by atoms with Crippen LogP contribution < -0.4 is 5.32 Å². The first-order valence-electron chi connectivity index (χ1n) is 7.71. The van der Waals surface area contributed by atoms with Gasteiger partial charge in [0.05, 0.1) is 6.54 Å². The minimum atomic E-state index is -0.246. The van der Waals surface area contributed by atoms with E-state index in [1.165, 1.54) is 12.1 Å². The summed E-state index contributed by atoms with van der Waals surface area (Å²) in [4.78, 5) is 16.6. The van der Waals surface area contributed by atoms with Gasteiger partial charge in [0.1, 0.15) is 12.0 Å². The summed E-state index contributed by atoms with van der Waals surface area (Å²) in [5.74, 6) is -0.100. The maximum absolute atomic E-state index is 13.1. The standard InChI is InChI=1S/C16H22FN3O/c1-2-19-9-3-4-14(11-19)20-15(21)10-18-16(20)12-5-7-13(17)8-6-12/h5-8,14,16,18H,2-4,9-11H2,1H3. The zero-order valence-corrected chi connectivity index (χ0v) is 12.4. The molecule has 1 N–H and O–H groups in total. The van der Waals surface area contributed by atoms with Gasteiger partial charge in [-0.05, 0) is 43.6 Å². The first-order valence-corrected chi connectivity index (χ1v) is 7.71. The van der Waals surface area contributed by atoms with Crippen LogP contribution >= 0.6 is 0 Å². The predicted molar refractivity (Wildman–Crippen MR) is 79.1 cm³/mol. The molecule has 2 saturated heterocycles. The average molecular weight is 291 g/mol. The highest BCUT2D eigenvalue weighted by Crippen LogP contribution is 2.28. The van der Waals surface area contributed by atoms with E-state index < -0.39 is 0 Å². The van der Waals surface area contributed by atoms with E-state index in [2.05, 4.69) is 17.1 Å². The van der Waals surface area contributed by atoms with Crippen LogP contribution in [0.3, 0.4) is 0 Å². The number of hydrogen-bond donors (Lipinski definition) is 1. The van der Waals surface area contributed by atoms with Gasteiger partial charge in [-0.2, -0.15) is 0 Å². The number of amides is 1. The van der Waals surface area contributed by atoms with Crippen LogP contribution in [0.4, 0.5) is 4.39 Å². The van der Waals surface area contributed by atoms with Crippen molar-refractivity contribution in [3.8, 4) is 0 Å². The van der Waals surface area contributed by atoms with Crippen molar-refractivity contribution >= 4 is 5.91 Å². The Morgan fingerprint density at radius 2 is 2.10 bits per heavy atom. The molecule has 3 rings (SSSR count). The molecular weight excluding hydrogens is 269 g/mol. The van der Waals surface area contributed by atoms with Crippen molar-refractivity contribution in [2.75, 3.05) is 26.2 Å². The molecule has 0 saturated carbocycles. The third kappa shape index (κ3) is 2.94. The second kappa shape index (κ2) is 6.12. The second-order valence-electron chi connectivity index (χ2n) is 5.83. The molecule has 0 aromatic heterocycles. The van der Waals surface area contributed by atoms with E-state index in [1.54, 1.807) is 12.1 Å². The van der Waals surface area contributed by atoms with Crippen molar-refractivity contribution < 1.29 is 9.18 Å². The van der Waals surface area contributed by atoms with Crippen LogP contribution in [0, 0.1) is 5.82 Å². The Bertz CT molecular complexity index is 505. The van der Waals surface area contributed by atoms with Gasteiger partial charge in [-0.3, -0.25) is 10.1 Å². The van der Waals surface area contributed by atoms with Crippen LogP contribution in [0.5, 0.6) is 0 Å². The highest BCUT2D eigenvalue weighted by atomic mass is 19.1. The summed E-state index contributed by atoms with van der Waals surface area (Å²) >= 11 is 0. The SMILES string of the molecule is CCN1CCCC(N2C(=O)CNC2c2ccc(F)cc2)C1. The fourth-order valence-corrected chi connectivity index (χ4v) is 3.40. The molecule has 2 aliphatic heterocycles. The molecule has 2 atom stereocenters. The lowest BCUT2D eigenvalue weighted by molar-refractivity contribution is -0.131. The van der Waals surface area contributed by atoms with Gasteiger partial charge in [0.15, 0.2) is 0 Å². The summed E-state index contributed by atoms with van der Waals surface area (Å²) < 4.78 is 13.1. The summed E-state index contributed by atoms with van der Waals surface area (Å²) in [5, 5.41) is 3.26. The summed E-state index contributed by atoms with van der Waals surface area (Å²) in [7, 11) is 0. The van der Waals surface area contributed by atoms with Crippen LogP contribution in [0.2, 0.25) is 0 Å². The molecule has 0 spiro atoms. The lowest BCUT2D eigenvalue weighted by Crippen LogP contribution is -2.49. The fraction of sp³-hybridized carbons (Fsp3) is 0.562. The van der Waals surface area contributed by atoms with Crippen LogP contribution in [-0.4, -0.2) is 47.9 Å². The van der Waals surface area contributed by atoms with E-state index in [0.29, 0.717) is 6.54 Å². The molecule has 2 heterocycles. The smallest absolute Gasteiger partial charge is 0.238 e. The first-order chi connectivity index (χ1) is 10.2. The minimum absolute atomic E-state index is 0.125. The van der Waals surface area contributed by atoms with Gasteiger partial charge >= 0.3 is 0 Å².